The van der Waals surface area contributed by atoms with Gasteiger partial charge in [0.05, 0.1) is 0 Å². The minimum Gasteiger partial charge on any atom is -0.507 e. The summed E-state index contributed by atoms with van der Waals surface area (Å²) in [6.45, 7) is 0.658. The number of aromatic hydroxyl groups is 1. The molecule has 0 fully saturated rings. The molecule has 0 bridgehead atoms. The van der Waals surface area contributed by atoms with Crippen LogP contribution in [0.5, 0.6) is 5.75 Å². The Morgan fingerprint density at radius 1 is 1.43 bits per heavy atom. The SMILES string of the molecule is CC(F)(F)c1ccc(O)c(C(=O)O)c1. The quantitative estimate of drug-likeness (QED) is 0.772. The van der Waals surface area contributed by atoms with Gasteiger partial charge in [-0.1, -0.05) is 0 Å². The molecule has 14 heavy (non-hydrogen) atoms. The Balaban J connectivity index is 3.27. The van der Waals surface area contributed by atoms with Crippen LogP contribution in [-0.4, -0.2) is 16.2 Å². The molecule has 0 aromatic heterocycles. The fraction of sp³-hybridized carbons (Fsp3) is 0.222. The molecule has 1 rings (SSSR count). The molecule has 0 saturated carbocycles. The molecule has 5 heteroatoms. The fourth-order valence-corrected chi connectivity index (χ4v) is 0.980. The molecule has 0 aliphatic carbocycles. The average molecular weight is 202 g/mol. The van der Waals surface area contributed by atoms with Gasteiger partial charge in [-0.25, -0.2) is 13.6 Å². The first-order chi connectivity index (χ1) is 6.32. The highest BCUT2D eigenvalue weighted by molar-refractivity contribution is 5.90. The molecule has 0 aliphatic heterocycles. The number of carboxylic acid groups (broad SMARTS) is 1. The first-order valence-electron chi connectivity index (χ1n) is 3.77. The van der Waals surface area contributed by atoms with Gasteiger partial charge in [0.15, 0.2) is 0 Å². The van der Waals surface area contributed by atoms with Gasteiger partial charge in [-0.15, -0.1) is 0 Å². The summed E-state index contributed by atoms with van der Waals surface area (Å²) in [5.74, 6) is -5.07. The van der Waals surface area contributed by atoms with Crippen LogP contribution in [-0.2, 0) is 5.92 Å². The van der Waals surface area contributed by atoms with Gasteiger partial charge in [-0.05, 0) is 18.2 Å². The molecule has 76 valence electrons. The van der Waals surface area contributed by atoms with Gasteiger partial charge in [-0.3, -0.25) is 0 Å². The summed E-state index contributed by atoms with van der Waals surface area (Å²) in [6.07, 6.45) is 0. The smallest absolute Gasteiger partial charge is 0.339 e. The summed E-state index contributed by atoms with van der Waals surface area (Å²) in [4.78, 5) is 10.5. The lowest BCUT2D eigenvalue weighted by Gasteiger charge is -2.11. The van der Waals surface area contributed by atoms with E-state index in [1.807, 2.05) is 0 Å². The number of hydrogen-bond donors (Lipinski definition) is 2. The molecule has 3 nitrogen and oxygen atoms in total. The summed E-state index contributed by atoms with van der Waals surface area (Å²) in [5, 5.41) is 17.6. The predicted molar refractivity (Wildman–Crippen MR) is 44.6 cm³/mol. The summed E-state index contributed by atoms with van der Waals surface area (Å²) in [5.41, 5.74) is -0.961. The van der Waals surface area contributed by atoms with E-state index in [-0.39, 0.29) is 0 Å². The lowest BCUT2D eigenvalue weighted by atomic mass is 10.1. The first kappa shape index (κ1) is 10.4. The van der Waals surface area contributed by atoms with Crippen LogP contribution < -0.4 is 0 Å². The molecular weight excluding hydrogens is 194 g/mol. The molecule has 0 amide bonds. The van der Waals surface area contributed by atoms with Crippen molar-refractivity contribution in [3.63, 3.8) is 0 Å². The van der Waals surface area contributed by atoms with Crippen LogP contribution in [0, 0.1) is 0 Å². The minimum atomic E-state index is -3.11. The summed E-state index contributed by atoms with van der Waals surface area (Å²) >= 11 is 0. The highest BCUT2D eigenvalue weighted by Crippen LogP contribution is 2.30. The van der Waals surface area contributed by atoms with Gasteiger partial charge < -0.3 is 10.2 Å². The van der Waals surface area contributed by atoms with Crippen molar-refractivity contribution in [2.24, 2.45) is 0 Å². The maximum atomic E-state index is 12.8. The molecule has 0 heterocycles. The van der Waals surface area contributed by atoms with Crippen LogP contribution in [0.15, 0.2) is 18.2 Å². The zero-order chi connectivity index (χ0) is 10.9. The van der Waals surface area contributed by atoms with Crippen molar-refractivity contribution in [2.45, 2.75) is 12.8 Å². The Kier molecular flexibility index (Phi) is 2.42. The van der Waals surface area contributed by atoms with Crippen molar-refractivity contribution >= 4 is 5.97 Å². The van der Waals surface area contributed by atoms with Gasteiger partial charge in [0.1, 0.15) is 11.3 Å². The number of aromatic carboxylic acids is 1. The Labute approximate surface area is 78.6 Å². The zero-order valence-corrected chi connectivity index (χ0v) is 7.29. The zero-order valence-electron chi connectivity index (χ0n) is 7.29. The second kappa shape index (κ2) is 3.25. The van der Waals surface area contributed by atoms with Crippen LogP contribution >= 0.6 is 0 Å². The van der Waals surface area contributed by atoms with Gasteiger partial charge in [0.2, 0.25) is 0 Å². The van der Waals surface area contributed by atoms with E-state index < -0.39 is 28.8 Å². The van der Waals surface area contributed by atoms with Gasteiger partial charge >= 0.3 is 5.97 Å². The van der Waals surface area contributed by atoms with Gasteiger partial charge in [0, 0.05) is 12.5 Å². The molecule has 2 N–H and O–H groups in total. The number of hydrogen-bond acceptors (Lipinski definition) is 2. The molecule has 1 aromatic rings. The third-order valence-corrected chi connectivity index (χ3v) is 1.73. The van der Waals surface area contributed by atoms with Crippen molar-refractivity contribution in [1.82, 2.24) is 0 Å². The largest absolute Gasteiger partial charge is 0.507 e. The van der Waals surface area contributed by atoms with E-state index in [1.54, 1.807) is 0 Å². The normalized spacial score (nSPS) is 11.4. The van der Waals surface area contributed by atoms with Crippen molar-refractivity contribution < 1.29 is 23.8 Å². The third-order valence-electron chi connectivity index (χ3n) is 1.73. The lowest BCUT2D eigenvalue weighted by molar-refractivity contribution is 0.0173. The number of halogens is 2. The number of alkyl halides is 2. The fourth-order valence-electron chi connectivity index (χ4n) is 0.980. The molecule has 0 spiro atoms. The molecule has 0 aliphatic rings. The third kappa shape index (κ3) is 1.99. The Morgan fingerprint density at radius 3 is 2.43 bits per heavy atom. The summed E-state index contributed by atoms with van der Waals surface area (Å²) in [7, 11) is 0. The average Bonchev–Trinajstić information content (AvgIpc) is 2.02. The number of benzene rings is 1. The van der Waals surface area contributed by atoms with Crippen LogP contribution in [0.25, 0.3) is 0 Å². The maximum absolute atomic E-state index is 12.8. The number of phenols is 1. The van der Waals surface area contributed by atoms with Crippen LogP contribution in [0.3, 0.4) is 0 Å². The summed E-state index contributed by atoms with van der Waals surface area (Å²) < 4.78 is 25.5. The van der Waals surface area contributed by atoms with Crippen molar-refractivity contribution in [1.29, 1.82) is 0 Å². The van der Waals surface area contributed by atoms with E-state index in [0.717, 1.165) is 18.2 Å². The van der Waals surface area contributed by atoms with Crippen molar-refractivity contribution in [3.8, 4) is 5.75 Å². The van der Waals surface area contributed by atoms with Crippen LogP contribution in [0.1, 0.15) is 22.8 Å². The highest BCUT2D eigenvalue weighted by atomic mass is 19.3. The molecule has 0 saturated heterocycles. The van der Waals surface area contributed by atoms with E-state index >= 15 is 0 Å². The number of rotatable bonds is 2. The van der Waals surface area contributed by atoms with E-state index in [0.29, 0.717) is 6.92 Å². The minimum absolute atomic E-state index is 0.437. The second-order valence-corrected chi connectivity index (χ2v) is 2.93. The Bertz CT molecular complexity index is 369. The standard InChI is InChI=1S/C9H8F2O3/c1-9(10,11)5-2-3-7(12)6(4-5)8(13)14/h2-4,12H,1H3,(H,13,14). The van der Waals surface area contributed by atoms with E-state index in [2.05, 4.69) is 0 Å². The second-order valence-electron chi connectivity index (χ2n) is 2.93. The van der Waals surface area contributed by atoms with Gasteiger partial charge in [-0.2, -0.15) is 0 Å². The first-order valence-corrected chi connectivity index (χ1v) is 3.77. The highest BCUT2D eigenvalue weighted by Gasteiger charge is 2.26. The van der Waals surface area contributed by atoms with Crippen LogP contribution in [0.4, 0.5) is 8.78 Å². The van der Waals surface area contributed by atoms with Gasteiger partial charge in [0.25, 0.3) is 5.92 Å². The Morgan fingerprint density at radius 2 is 2.00 bits per heavy atom. The topological polar surface area (TPSA) is 57.5 Å². The maximum Gasteiger partial charge on any atom is 0.339 e. The van der Waals surface area contributed by atoms with E-state index in [4.69, 9.17) is 10.2 Å². The summed E-state index contributed by atoms with van der Waals surface area (Å²) in [6, 6.07) is 2.69. The molecular formula is C9H8F2O3. The van der Waals surface area contributed by atoms with Crippen molar-refractivity contribution in [2.75, 3.05) is 0 Å². The molecule has 0 radical (unpaired) electrons. The molecule has 0 unspecified atom stereocenters. The van der Waals surface area contributed by atoms with E-state index in [1.165, 1.54) is 0 Å². The number of carboxylic acids is 1. The number of carbonyl (C=O) groups is 1. The monoisotopic (exact) mass is 202 g/mol. The van der Waals surface area contributed by atoms with Crippen LogP contribution in [0.2, 0.25) is 0 Å². The Hall–Kier alpha value is -1.65. The molecule has 0 atom stereocenters. The molecule has 1 aromatic carbocycles. The van der Waals surface area contributed by atoms with E-state index in [9.17, 15) is 13.6 Å². The predicted octanol–water partition coefficient (Wildman–Crippen LogP) is 2.20. The van der Waals surface area contributed by atoms with Crippen molar-refractivity contribution in [3.05, 3.63) is 29.3 Å². The lowest BCUT2D eigenvalue weighted by Crippen LogP contribution is -2.08.